The van der Waals surface area contributed by atoms with Crippen LogP contribution in [0.3, 0.4) is 0 Å². The molecule has 0 radical (unpaired) electrons. The van der Waals surface area contributed by atoms with Crippen molar-refractivity contribution in [2.45, 2.75) is 6.92 Å². The Balaban J connectivity index is 2.79. The third kappa shape index (κ3) is 2.21. The molecule has 0 aliphatic carbocycles. The maximum atomic E-state index is 8.30. The largest absolute Gasteiger partial charge is 0.274 e. The van der Waals surface area contributed by atoms with Gasteiger partial charge in [-0.3, -0.25) is 4.99 Å². The van der Waals surface area contributed by atoms with Crippen LogP contribution in [-0.4, -0.2) is 12.3 Å². The molecule has 0 aromatic heterocycles. The normalized spacial score (nSPS) is 10.8. The molecule has 0 aliphatic rings. The Hall–Kier alpha value is -1.62. The van der Waals surface area contributed by atoms with Gasteiger partial charge in [0.25, 0.3) is 0 Å². The van der Waals surface area contributed by atoms with E-state index in [4.69, 9.17) is 5.26 Å². The summed E-state index contributed by atoms with van der Waals surface area (Å²) in [5, 5.41) is 8.30. The summed E-state index contributed by atoms with van der Waals surface area (Å²) in [6.45, 7) is 2.15. The molecule has 0 atom stereocenters. The number of nitrogens with zero attached hydrogens (tertiary/aromatic N) is 2. The van der Waals surface area contributed by atoms with Gasteiger partial charge in [0.05, 0.1) is 6.07 Å². The molecule has 0 fully saturated rings. The summed E-state index contributed by atoms with van der Waals surface area (Å²) in [6, 6.07) is 11.8. The van der Waals surface area contributed by atoms with Crippen LogP contribution < -0.4 is 0 Å². The van der Waals surface area contributed by atoms with E-state index in [0.29, 0.717) is 0 Å². The summed E-state index contributed by atoms with van der Waals surface area (Å²) in [5.74, 6) is 0. The number of rotatable bonds is 2. The van der Waals surface area contributed by atoms with E-state index in [1.54, 1.807) is 0 Å². The maximum Gasteiger partial charge on any atom is 0.126 e. The predicted molar refractivity (Wildman–Crippen MR) is 49.1 cm³/mol. The van der Waals surface area contributed by atoms with Gasteiger partial charge in [0, 0.05) is 5.71 Å². The molecule has 0 bridgehead atoms. The van der Waals surface area contributed by atoms with Crippen molar-refractivity contribution < 1.29 is 0 Å². The number of aliphatic imine (C=N–C) groups is 1. The fourth-order valence-electron chi connectivity index (χ4n) is 0.925. The molecular weight excluding hydrogens is 148 g/mol. The van der Waals surface area contributed by atoms with Crippen molar-refractivity contribution in [2.24, 2.45) is 4.99 Å². The predicted octanol–water partition coefficient (Wildman–Crippen LogP) is 2.02. The summed E-state index contributed by atoms with van der Waals surface area (Å²) in [7, 11) is 0. The van der Waals surface area contributed by atoms with Gasteiger partial charge in [0.2, 0.25) is 0 Å². The second kappa shape index (κ2) is 4.30. The lowest BCUT2D eigenvalue weighted by molar-refractivity contribution is 1.23. The first-order valence-corrected chi connectivity index (χ1v) is 3.78. The Bertz CT molecular complexity index is 306. The molecule has 12 heavy (non-hydrogen) atoms. The average Bonchev–Trinajstić information content (AvgIpc) is 2.15. The zero-order valence-corrected chi connectivity index (χ0v) is 6.99. The minimum Gasteiger partial charge on any atom is -0.274 e. The van der Waals surface area contributed by atoms with Gasteiger partial charge in [-0.25, -0.2) is 0 Å². The lowest BCUT2D eigenvalue weighted by atomic mass is 10.1. The van der Waals surface area contributed by atoms with Crippen LogP contribution in [0.15, 0.2) is 35.3 Å². The van der Waals surface area contributed by atoms with E-state index in [2.05, 4.69) is 4.99 Å². The quantitative estimate of drug-likeness (QED) is 0.479. The standard InChI is InChI=1S/C10H10N2/c1-9(12-8-7-11)10-5-3-2-4-6-10/h2-6H,8H2,1H3. The van der Waals surface area contributed by atoms with Crippen LogP contribution in [0.2, 0.25) is 0 Å². The summed E-state index contributed by atoms with van der Waals surface area (Å²) < 4.78 is 0. The second-order valence-electron chi connectivity index (χ2n) is 2.43. The van der Waals surface area contributed by atoms with Crippen molar-refractivity contribution >= 4 is 5.71 Å². The molecule has 1 rings (SSSR count). The minimum absolute atomic E-state index is 0.237. The fraction of sp³-hybridized carbons (Fsp3) is 0.200. The van der Waals surface area contributed by atoms with Gasteiger partial charge < -0.3 is 0 Å². The van der Waals surface area contributed by atoms with E-state index in [1.165, 1.54) is 0 Å². The molecule has 0 amide bonds. The molecule has 0 saturated heterocycles. The van der Waals surface area contributed by atoms with Crippen molar-refractivity contribution in [2.75, 3.05) is 6.54 Å². The minimum atomic E-state index is 0.237. The SMILES string of the molecule is CC(=NCC#N)c1ccccc1. The van der Waals surface area contributed by atoms with Crippen LogP contribution in [-0.2, 0) is 0 Å². The van der Waals surface area contributed by atoms with Crippen molar-refractivity contribution in [3.63, 3.8) is 0 Å². The molecule has 1 aromatic rings. The Morgan fingerprint density at radius 3 is 2.67 bits per heavy atom. The number of nitriles is 1. The topological polar surface area (TPSA) is 36.1 Å². The number of benzene rings is 1. The molecule has 0 heterocycles. The van der Waals surface area contributed by atoms with E-state index in [0.717, 1.165) is 11.3 Å². The third-order valence-electron chi connectivity index (χ3n) is 1.58. The summed E-state index contributed by atoms with van der Waals surface area (Å²) in [4.78, 5) is 4.07. The van der Waals surface area contributed by atoms with Crippen LogP contribution in [0.1, 0.15) is 12.5 Å². The molecule has 0 spiro atoms. The Morgan fingerprint density at radius 2 is 2.08 bits per heavy atom. The Labute approximate surface area is 72.2 Å². The maximum absolute atomic E-state index is 8.30. The molecule has 0 aliphatic heterocycles. The van der Waals surface area contributed by atoms with Crippen molar-refractivity contribution in [3.05, 3.63) is 35.9 Å². The summed E-state index contributed by atoms with van der Waals surface area (Å²) >= 11 is 0. The zero-order chi connectivity index (χ0) is 8.81. The highest BCUT2D eigenvalue weighted by Gasteiger charge is 1.92. The molecule has 60 valence electrons. The Morgan fingerprint density at radius 1 is 1.42 bits per heavy atom. The molecule has 1 aromatic carbocycles. The first kappa shape index (κ1) is 8.48. The molecule has 2 heteroatoms. The van der Waals surface area contributed by atoms with E-state index < -0.39 is 0 Å². The van der Waals surface area contributed by atoms with Crippen molar-refractivity contribution in [1.82, 2.24) is 0 Å². The third-order valence-corrected chi connectivity index (χ3v) is 1.58. The average molecular weight is 158 g/mol. The zero-order valence-electron chi connectivity index (χ0n) is 6.99. The highest BCUT2D eigenvalue weighted by Crippen LogP contribution is 2.00. The summed E-state index contributed by atoms with van der Waals surface area (Å²) in [6.07, 6.45) is 0. The lowest BCUT2D eigenvalue weighted by Crippen LogP contribution is -1.94. The first-order chi connectivity index (χ1) is 5.84. The van der Waals surface area contributed by atoms with Crippen molar-refractivity contribution in [1.29, 1.82) is 5.26 Å². The van der Waals surface area contributed by atoms with Crippen LogP contribution in [0.25, 0.3) is 0 Å². The van der Waals surface area contributed by atoms with Crippen molar-refractivity contribution in [3.8, 4) is 6.07 Å². The Kier molecular flexibility index (Phi) is 3.04. The molecular formula is C10H10N2. The lowest BCUT2D eigenvalue weighted by Gasteiger charge is -1.97. The van der Waals surface area contributed by atoms with Crippen LogP contribution in [0, 0.1) is 11.3 Å². The van der Waals surface area contributed by atoms with Gasteiger partial charge in [-0.05, 0) is 12.5 Å². The van der Waals surface area contributed by atoms with Gasteiger partial charge in [-0.2, -0.15) is 5.26 Å². The smallest absolute Gasteiger partial charge is 0.126 e. The van der Waals surface area contributed by atoms with Crippen LogP contribution >= 0.6 is 0 Å². The van der Waals surface area contributed by atoms with Gasteiger partial charge in [0.1, 0.15) is 6.54 Å². The summed E-state index contributed by atoms with van der Waals surface area (Å²) in [5.41, 5.74) is 1.99. The second-order valence-corrected chi connectivity index (χ2v) is 2.43. The highest BCUT2D eigenvalue weighted by molar-refractivity contribution is 5.98. The van der Waals surface area contributed by atoms with Gasteiger partial charge in [0.15, 0.2) is 0 Å². The van der Waals surface area contributed by atoms with E-state index >= 15 is 0 Å². The molecule has 0 saturated carbocycles. The molecule has 2 nitrogen and oxygen atoms in total. The molecule has 0 N–H and O–H groups in total. The van der Waals surface area contributed by atoms with E-state index in [9.17, 15) is 0 Å². The molecule has 0 unspecified atom stereocenters. The number of hydrogen-bond acceptors (Lipinski definition) is 2. The van der Waals surface area contributed by atoms with E-state index in [-0.39, 0.29) is 6.54 Å². The van der Waals surface area contributed by atoms with Crippen LogP contribution in [0.5, 0.6) is 0 Å². The van der Waals surface area contributed by atoms with Gasteiger partial charge >= 0.3 is 0 Å². The highest BCUT2D eigenvalue weighted by atomic mass is 14.7. The monoisotopic (exact) mass is 158 g/mol. The fourth-order valence-corrected chi connectivity index (χ4v) is 0.925. The van der Waals surface area contributed by atoms with Gasteiger partial charge in [-0.15, -0.1) is 0 Å². The number of hydrogen-bond donors (Lipinski definition) is 0. The first-order valence-electron chi connectivity index (χ1n) is 3.78. The van der Waals surface area contributed by atoms with E-state index in [1.807, 2.05) is 43.3 Å². The van der Waals surface area contributed by atoms with Gasteiger partial charge in [-0.1, -0.05) is 30.3 Å². The van der Waals surface area contributed by atoms with Crippen LogP contribution in [0.4, 0.5) is 0 Å².